The van der Waals surface area contributed by atoms with Gasteiger partial charge in [-0.15, -0.1) is 0 Å². The van der Waals surface area contributed by atoms with E-state index in [1.165, 1.54) is 6.20 Å². The number of hydrogen-bond acceptors (Lipinski definition) is 6. The van der Waals surface area contributed by atoms with Gasteiger partial charge in [-0.1, -0.05) is 0 Å². The molecule has 1 aromatic carbocycles. The lowest BCUT2D eigenvalue weighted by atomic mass is 10.2. The van der Waals surface area contributed by atoms with Gasteiger partial charge in [0.1, 0.15) is 17.0 Å². The Bertz CT molecular complexity index is 671. The number of hydrogen-bond donors (Lipinski definition) is 3. The quantitative estimate of drug-likeness (QED) is 0.219. The highest BCUT2D eigenvalue weighted by atomic mass is 32.2. The van der Waals surface area contributed by atoms with Crippen molar-refractivity contribution in [1.82, 2.24) is 5.32 Å². The first-order valence-corrected chi connectivity index (χ1v) is 7.41. The molecule has 1 amide bonds. The van der Waals surface area contributed by atoms with Crippen LogP contribution < -0.4 is 10.6 Å². The molecule has 7 nitrogen and oxygen atoms in total. The lowest BCUT2D eigenvalue weighted by Crippen LogP contribution is -2.26. The molecule has 0 heterocycles. The minimum Gasteiger partial charge on any atom is -0.481 e. The van der Waals surface area contributed by atoms with E-state index in [2.05, 4.69) is 10.6 Å². The van der Waals surface area contributed by atoms with E-state index in [-0.39, 0.29) is 18.5 Å². The van der Waals surface area contributed by atoms with Gasteiger partial charge in [-0.05, 0) is 42.4 Å². The molecule has 23 heavy (non-hydrogen) atoms. The zero-order valence-electron chi connectivity index (χ0n) is 12.1. The Morgan fingerprint density at radius 2 is 1.96 bits per heavy atom. The summed E-state index contributed by atoms with van der Waals surface area (Å²) in [7, 11) is 0. The third kappa shape index (κ3) is 7.02. The standard InChI is InChI=1S/C15H14N4O3S/c16-8-11(15(22)18-7-1-2-14(20)21)9-19-12-3-5-13(6-4-12)23-10-17/h3-6,9,19H,1-2,7H2,(H,18,22)(H,20,21)/b11-9-. The third-order valence-corrected chi connectivity index (χ3v) is 3.22. The SMILES string of the molecule is N#CSc1ccc(N/C=C(/C#N)C(=O)NCCCC(=O)O)cc1. The molecule has 118 valence electrons. The van der Waals surface area contributed by atoms with Gasteiger partial charge >= 0.3 is 5.97 Å². The summed E-state index contributed by atoms with van der Waals surface area (Å²) in [6.45, 7) is 0.185. The van der Waals surface area contributed by atoms with Crippen LogP contribution in [0.2, 0.25) is 0 Å². The maximum absolute atomic E-state index is 11.8. The summed E-state index contributed by atoms with van der Waals surface area (Å²) in [6, 6.07) is 8.69. The molecule has 0 aliphatic carbocycles. The van der Waals surface area contributed by atoms with E-state index in [4.69, 9.17) is 15.6 Å². The number of nitrogens with one attached hydrogen (secondary N) is 2. The zero-order valence-corrected chi connectivity index (χ0v) is 12.9. The maximum Gasteiger partial charge on any atom is 0.303 e. The lowest BCUT2D eigenvalue weighted by Gasteiger charge is -2.05. The van der Waals surface area contributed by atoms with Crippen LogP contribution in [0.25, 0.3) is 0 Å². The summed E-state index contributed by atoms with van der Waals surface area (Å²) in [5, 5.41) is 33.3. The topological polar surface area (TPSA) is 126 Å². The van der Waals surface area contributed by atoms with Gasteiger partial charge in [0.25, 0.3) is 5.91 Å². The van der Waals surface area contributed by atoms with Crippen LogP contribution in [0.5, 0.6) is 0 Å². The molecule has 8 heteroatoms. The molecule has 0 saturated carbocycles. The smallest absolute Gasteiger partial charge is 0.303 e. The number of anilines is 1. The molecule has 0 fully saturated rings. The van der Waals surface area contributed by atoms with Crippen molar-refractivity contribution in [3.8, 4) is 11.5 Å². The Kier molecular flexibility index (Phi) is 7.76. The van der Waals surface area contributed by atoms with Crippen molar-refractivity contribution in [2.75, 3.05) is 11.9 Å². The van der Waals surface area contributed by atoms with Gasteiger partial charge in [-0.25, -0.2) is 0 Å². The van der Waals surface area contributed by atoms with Crippen molar-refractivity contribution in [3.63, 3.8) is 0 Å². The number of nitriles is 2. The fourth-order valence-electron chi connectivity index (χ4n) is 1.51. The monoisotopic (exact) mass is 330 g/mol. The van der Waals surface area contributed by atoms with Crippen molar-refractivity contribution in [1.29, 1.82) is 10.5 Å². The molecule has 0 bridgehead atoms. The van der Waals surface area contributed by atoms with Crippen molar-refractivity contribution in [2.45, 2.75) is 17.7 Å². The number of thioether (sulfide) groups is 1. The van der Waals surface area contributed by atoms with Gasteiger partial charge in [0, 0.05) is 29.7 Å². The Morgan fingerprint density at radius 1 is 1.26 bits per heavy atom. The minimum absolute atomic E-state index is 0.0445. The van der Waals surface area contributed by atoms with Gasteiger partial charge in [0.2, 0.25) is 0 Å². The number of carboxylic acid groups (broad SMARTS) is 1. The first-order chi connectivity index (χ1) is 11.1. The average Bonchev–Trinajstić information content (AvgIpc) is 2.54. The Labute approximate surface area is 137 Å². The number of amides is 1. The highest BCUT2D eigenvalue weighted by Gasteiger charge is 2.08. The van der Waals surface area contributed by atoms with E-state index >= 15 is 0 Å². The first-order valence-electron chi connectivity index (χ1n) is 6.59. The second-order valence-electron chi connectivity index (χ2n) is 4.29. The highest BCUT2D eigenvalue weighted by molar-refractivity contribution is 8.03. The van der Waals surface area contributed by atoms with E-state index in [1.807, 2.05) is 5.40 Å². The second kappa shape index (κ2) is 9.87. The molecule has 1 rings (SSSR count). The van der Waals surface area contributed by atoms with E-state index < -0.39 is 11.9 Å². The number of thiocyanates is 1. The number of rotatable bonds is 8. The van der Waals surface area contributed by atoms with E-state index in [1.54, 1.807) is 30.3 Å². The summed E-state index contributed by atoms with van der Waals surface area (Å²) in [6.07, 6.45) is 1.53. The minimum atomic E-state index is -0.935. The van der Waals surface area contributed by atoms with Crippen LogP contribution in [0.3, 0.4) is 0 Å². The van der Waals surface area contributed by atoms with Gasteiger partial charge in [-0.3, -0.25) is 9.59 Å². The Hall–Kier alpha value is -2.97. The van der Waals surface area contributed by atoms with Crippen molar-refractivity contribution >= 4 is 29.3 Å². The normalized spacial score (nSPS) is 10.3. The molecule has 0 spiro atoms. The summed E-state index contributed by atoms with van der Waals surface area (Å²) < 4.78 is 0. The number of aliphatic carboxylic acids is 1. The predicted octanol–water partition coefficient (Wildman–Crippen LogP) is 2.06. The Balaban J connectivity index is 2.54. The van der Waals surface area contributed by atoms with Crippen LogP contribution in [-0.4, -0.2) is 23.5 Å². The summed E-state index contributed by atoms with van der Waals surface area (Å²) in [5.74, 6) is -1.50. The second-order valence-corrected chi connectivity index (χ2v) is 5.14. The molecular formula is C15H14N4O3S. The maximum atomic E-state index is 11.8. The lowest BCUT2D eigenvalue weighted by molar-refractivity contribution is -0.137. The largest absolute Gasteiger partial charge is 0.481 e. The van der Waals surface area contributed by atoms with Crippen LogP contribution in [-0.2, 0) is 9.59 Å². The molecule has 3 N–H and O–H groups in total. The summed E-state index contributed by atoms with van der Waals surface area (Å²) in [4.78, 5) is 22.9. The Morgan fingerprint density at radius 3 is 2.52 bits per heavy atom. The molecule has 0 aliphatic heterocycles. The van der Waals surface area contributed by atoms with E-state index in [0.717, 1.165) is 16.7 Å². The number of benzene rings is 1. The van der Waals surface area contributed by atoms with Crippen molar-refractivity contribution < 1.29 is 14.7 Å². The summed E-state index contributed by atoms with van der Waals surface area (Å²) >= 11 is 1.04. The average molecular weight is 330 g/mol. The summed E-state index contributed by atoms with van der Waals surface area (Å²) in [5.41, 5.74) is 0.550. The molecule has 0 aliphatic rings. The number of carbonyl (C=O) groups is 2. The number of carbonyl (C=O) groups excluding carboxylic acids is 1. The van der Waals surface area contributed by atoms with Crippen LogP contribution >= 0.6 is 11.8 Å². The number of carboxylic acids is 1. The molecule has 0 atom stereocenters. The van der Waals surface area contributed by atoms with Crippen LogP contribution in [0.15, 0.2) is 40.9 Å². The first kappa shape index (κ1) is 18.1. The zero-order chi connectivity index (χ0) is 17.1. The fourth-order valence-corrected chi connectivity index (χ4v) is 1.89. The molecule has 0 unspecified atom stereocenters. The molecular weight excluding hydrogens is 316 g/mol. The van der Waals surface area contributed by atoms with Crippen LogP contribution in [0, 0.1) is 22.0 Å². The number of nitrogens with zero attached hydrogens (tertiary/aromatic N) is 2. The molecule has 0 aromatic heterocycles. The molecule has 0 saturated heterocycles. The van der Waals surface area contributed by atoms with Gasteiger partial charge in [-0.2, -0.15) is 10.5 Å². The van der Waals surface area contributed by atoms with Gasteiger partial charge < -0.3 is 15.7 Å². The van der Waals surface area contributed by atoms with E-state index in [0.29, 0.717) is 12.1 Å². The van der Waals surface area contributed by atoms with Crippen LogP contribution in [0.1, 0.15) is 12.8 Å². The molecule has 0 radical (unpaired) electrons. The fraction of sp³-hybridized carbons (Fsp3) is 0.200. The third-order valence-electron chi connectivity index (χ3n) is 2.62. The van der Waals surface area contributed by atoms with Crippen LogP contribution in [0.4, 0.5) is 5.69 Å². The van der Waals surface area contributed by atoms with Crippen molar-refractivity contribution in [2.24, 2.45) is 0 Å². The highest BCUT2D eigenvalue weighted by Crippen LogP contribution is 2.19. The van der Waals surface area contributed by atoms with E-state index in [9.17, 15) is 9.59 Å². The molecule has 1 aromatic rings. The predicted molar refractivity (Wildman–Crippen MR) is 85.1 cm³/mol. The van der Waals surface area contributed by atoms with Gasteiger partial charge in [0.05, 0.1) is 0 Å². The van der Waals surface area contributed by atoms with Crippen molar-refractivity contribution in [3.05, 3.63) is 36.0 Å². The van der Waals surface area contributed by atoms with Gasteiger partial charge in [0.15, 0.2) is 0 Å².